The van der Waals surface area contributed by atoms with Crippen molar-refractivity contribution >= 4 is 0 Å². The minimum absolute atomic E-state index is 0.727. The van der Waals surface area contributed by atoms with E-state index in [1.807, 2.05) is 6.33 Å². The van der Waals surface area contributed by atoms with Gasteiger partial charge in [-0.25, -0.2) is 0 Å². The van der Waals surface area contributed by atoms with Crippen molar-refractivity contribution in [2.24, 2.45) is 0 Å². The molecule has 0 amide bonds. The maximum absolute atomic E-state index is 4.01. The molecule has 3 heteroatoms. The molecule has 10 heavy (non-hydrogen) atoms. The summed E-state index contributed by atoms with van der Waals surface area (Å²) in [6.45, 7) is 2.11. The van der Waals surface area contributed by atoms with Crippen LogP contribution in [-0.4, -0.2) is 14.8 Å². The average molecular weight is 137 g/mol. The van der Waals surface area contributed by atoms with E-state index < -0.39 is 0 Å². The van der Waals surface area contributed by atoms with E-state index in [9.17, 15) is 0 Å². The van der Waals surface area contributed by atoms with Gasteiger partial charge in [0.05, 0.1) is 0 Å². The summed E-state index contributed by atoms with van der Waals surface area (Å²) in [5, 5.41) is 7.88. The molecule has 1 heterocycles. The summed E-state index contributed by atoms with van der Waals surface area (Å²) in [6, 6.07) is 0.727. The fraction of sp³-hybridized carbons (Fsp3) is 0.714. The normalized spacial score (nSPS) is 17.7. The Bertz CT molecular complexity index is 225. The first-order chi connectivity index (χ1) is 4.92. The zero-order valence-corrected chi connectivity index (χ0v) is 6.12. The first-order valence-electron chi connectivity index (χ1n) is 3.80. The lowest BCUT2D eigenvalue weighted by Crippen LogP contribution is -1.98. The van der Waals surface area contributed by atoms with E-state index in [4.69, 9.17) is 0 Å². The van der Waals surface area contributed by atoms with Crippen LogP contribution in [0, 0.1) is 0 Å². The van der Waals surface area contributed by atoms with E-state index in [0.717, 1.165) is 18.3 Å². The largest absolute Gasteiger partial charge is 0.314 e. The average Bonchev–Trinajstić information content (AvgIpc) is 2.69. The maximum Gasteiger partial charge on any atom is 0.132 e. The first kappa shape index (κ1) is 5.89. The number of aromatic nitrogens is 3. The third kappa shape index (κ3) is 0.818. The second-order valence-corrected chi connectivity index (χ2v) is 2.74. The molecule has 54 valence electrons. The summed E-state index contributed by atoms with van der Waals surface area (Å²) in [5.41, 5.74) is 0. The van der Waals surface area contributed by atoms with Gasteiger partial charge in [0.25, 0.3) is 0 Å². The highest BCUT2D eigenvalue weighted by atomic mass is 15.3. The van der Waals surface area contributed by atoms with Crippen LogP contribution in [0.4, 0.5) is 0 Å². The minimum Gasteiger partial charge on any atom is -0.314 e. The van der Waals surface area contributed by atoms with Crippen LogP contribution in [0.1, 0.15) is 31.6 Å². The van der Waals surface area contributed by atoms with Crippen LogP contribution in [0.15, 0.2) is 6.33 Å². The van der Waals surface area contributed by atoms with Gasteiger partial charge < -0.3 is 4.57 Å². The predicted molar refractivity (Wildman–Crippen MR) is 37.7 cm³/mol. The molecule has 0 saturated heterocycles. The van der Waals surface area contributed by atoms with Gasteiger partial charge in [0, 0.05) is 12.5 Å². The SMILES string of the molecule is CCc1nncn1C1CC1. The number of rotatable bonds is 2. The molecule has 0 radical (unpaired) electrons. The lowest BCUT2D eigenvalue weighted by molar-refractivity contribution is 0.687. The third-order valence-corrected chi connectivity index (χ3v) is 1.90. The summed E-state index contributed by atoms with van der Waals surface area (Å²) in [5.74, 6) is 1.13. The quantitative estimate of drug-likeness (QED) is 0.612. The molecule has 0 spiro atoms. The van der Waals surface area contributed by atoms with Gasteiger partial charge in [0.1, 0.15) is 12.2 Å². The van der Waals surface area contributed by atoms with E-state index in [0.29, 0.717) is 0 Å². The second-order valence-electron chi connectivity index (χ2n) is 2.74. The Balaban J connectivity index is 2.28. The molecule has 1 fully saturated rings. The molecule has 0 aromatic carbocycles. The molecular weight excluding hydrogens is 126 g/mol. The highest BCUT2D eigenvalue weighted by molar-refractivity contribution is 4.93. The van der Waals surface area contributed by atoms with Gasteiger partial charge in [0.15, 0.2) is 0 Å². The van der Waals surface area contributed by atoms with E-state index in [-0.39, 0.29) is 0 Å². The van der Waals surface area contributed by atoms with Crippen molar-refractivity contribution in [1.29, 1.82) is 0 Å². The van der Waals surface area contributed by atoms with Crippen LogP contribution in [-0.2, 0) is 6.42 Å². The van der Waals surface area contributed by atoms with Crippen molar-refractivity contribution in [3.8, 4) is 0 Å². The van der Waals surface area contributed by atoms with Gasteiger partial charge in [-0.1, -0.05) is 6.92 Å². The summed E-state index contributed by atoms with van der Waals surface area (Å²) in [7, 11) is 0. The highest BCUT2D eigenvalue weighted by Crippen LogP contribution is 2.35. The lowest BCUT2D eigenvalue weighted by Gasteiger charge is -1.99. The van der Waals surface area contributed by atoms with Gasteiger partial charge in [-0.15, -0.1) is 10.2 Å². The fourth-order valence-corrected chi connectivity index (χ4v) is 1.18. The zero-order valence-electron chi connectivity index (χ0n) is 6.12. The molecular formula is C7H11N3. The van der Waals surface area contributed by atoms with E-state index in [1.54, 1.807) is 0 Å². The Kier molecular flexibility index (Phi) is 1.22. The topological polar surface area (TPSA) is 30.7 Å². The number of hydrogen-bond acceptors (Lipinski definition) is 2. The Morgan fingerprint density at radius 3 is 3.10 bits per heavy atom. The van der Waals surface area contributed by atoms with Gasteiger partial charge >= 0.3 is 0 Å². The molecule has 1 saturated carbocycles. The van der Waals surface area contributed by atoms with Gasteiger partial charge in [-0.3, -0.25) is 0 Å². The fourth-order valence-electron chi connectivity index (χ4n) is 1.18. The Hall–Kier alpha value is -0.860. The van der Waals surface area contributed by atoms with Crippen LogP contribution in [0.2, 0.25) is 0 Å². The molecule has 0 atom stereocenters. The molecule has 1 aromatic heterocycles. The van der Waals surface area contributed by atoms with Crippen molar-refractivity contribution in [3.63, 3.8) is 0 Å². The third-order valence-electron chi connectivity index (χ3n) is 1.90. The summed E-state index contributed by atoms with van der Waals surface area (Å²) in [4.78, 5) is 0. The first-order valence-corrected chi connectivity index (χ1v) is 3.80. The molecule has 1 aliphatic carbocycles. The van der Waals surface area contributed by atoms with Crippen LogP contribution < -0.4 is 0 Å². The summed E-state index contributed by atoms with van der Waals surface area (Å²) in [6.07, 6.45) is 5.46. The van der Waals surface area contributed by atoms with Gasteiger partial charge in [0.2, 0.25) is 0 Å². The van der Waals surface area contributed by atoms with Crippen LogP contribution in [0.3, 0.4) is 0 Å². The lowest BCUT2D eigenvalue weighted by atomic mass is 10.4. The molecule has 0 N–H and O–H groups in total. The van der Waals surface area contributed by atoms with Gasteiger partial charge in [-0.05, 0) is 12.8 Å². The predicted octanol–water partition coefficient (Wildman–Crippen LogP) is 1.18. The molecule has 3 nitrogen and oxygen atoms in total. The number of hydrogen-bond donors (Lipinski definition) is 0. The number of nitrogens with zero attached hydrogens (tertiary/aromatic N) is 3. The van der Waals surface area contributed by atoms with Crippen molar-refractivity contribution in [2.45, 2.75) is 32.2 Å². The smallest absolute Gasteiger partial charge is 0.132 e. The standard InChI is InChI=1S/C7H11N3/c1-2-7-9-8-5-10(7)6-3-4-6/h5-6H,2-4H2,1H3. The number of aryl methyl sites for hydroxylation is 1. The molecule has 0 bridgehead atoms. The van der Waals surface area contributed by atoms with Crippen LogP contribution >= 0.6 is 0 Å². The highest BCUT2D eigenvalue weighted by Gasteiger charge is 2.25. The van der Waals surface area contributed by atoms with Gasteiger partial charge in [-0.2, -0.15) is 0 Å². The van der Waals surface area contributed by atoms with Crippen molar-refractivity contribution < 1.29 is 0 Å². The summed E-state index contributed by atoms with van der Waals surface area (Å²) < 4.78 is 2.19. The molecule has 2 rings (SSSR count). The van der Waals surface area contributed by atoms with Crippen molar-refractivity contribution in [2.75, 3.05) is 0 Å². The van der Waals surface area contributed by atoms with Crippen LogP contribution in [0.5, 0.6) is 0 Å². The van der Waals surface area contributed by atoms with E-state index >= 15 is 0 Å². The Labute approximate surface area is 60.1 Å². The van der Waals surface area contributed by atoms with E-state index in [2.05, 4.69) is 21.7 Å². The molecule has 1 aliphatic rings. The monoisotopic (exact) mass is 137 g/mol. The zero-order chi connectivity index (χ0) is 6.97. The second kappa shape index (κ2) is 2.08. The van der Waals surface area contributed by atoms with Crippen molar-refractivity contribution in [3.05, 3.63) is 12.2 Å². The molecule has 0 aliphatic heterocycles. The van der Waals surface area contributed by atoms with E-state index in [1.165, 1.54) is 12.8 Å². The molecule has 0 unspecified atom stereocenters. The molecule has 1 aromatic rings. The maximum atomic E-state index is 4.01. The van der Waals surface area contributed by atoms with Crippen LogP contribution in [0.25, 0.3) is 0 Å². The Morgan fingerprint density at radius 1 is 1.70 bits per heavy atom. The van der Waals surface area contributed by atoms with Crippen molar-refractivity contribution in [1.82, 2.24) is 14.8 Å². The summed E-state index contributed by atoms with van der Waals surface area (Å²) >= 11 is 0. The Morgan fingerprint density at radius 2 is 2.50 bits per heavy atom. The minimum atomic E-state index is 0.727.